The van der Waals surface area contributed by atoms with Crippen molar-refractivity contribution in [1.29, 1.82) is 0 Å². The highest BCUT2D eigenvalue weighted by atomic mass is 35.5. The van der Waals surface area contributed by atoms with Gasteiger partial charge in [0.2, 0.25) is 0 Å². The van der Waals surface area contributed by atoms with Gasteiger partial charge in [-0.15, -0.1) is 0 Å². The molecule has 692 valence electrons. The molecule has 0 fully saturated rings. The first kappa shape index (κ1) is 105. The number of nitrogens with two attached hydrogens (primary N) is 5. The number of benzene rings is 6. The molecule has 0 spiro atoms. The maximum absolute atomic E-state index is 15.1. The predicted octanol–water partition coefficient (Wildman–Crippen LogP) is 26.5. The number of fused-ring (bicyclic) bond motifs is 1. The first-order valence-corrected chi connectivity index (χ1v) is 55.0. The Balaban J connectivity index is 0.000000194. The number of nitrogens with zero attached hydrogens (tertiary/aromatic N) is 7. The lowest BCUT2D eigenvalue weighted by atomic mass is 9.95. The highest BCUT2D eigenvalue weighted by Crippen LogP contribution is 2.45. The number of aliphatic hydroxyl groups excluding tert-OH is 1. The maximum Gasteiger partial charge on any atom is 0.193 e. The van der Waals surface area contributed by atoms with Crippen LogP contribution < -0.4 is 28.7 Å². The van der Waals surface area contributed by atoms with E-state index in [1.165, 1.54) is 42.1 Å². The lowest BCUT2D eigenvalue weighted by molar-refractivity contribution is 0.0786. The molecule has 7 heterocycles. The zero-order valence-corrected chi connectivity index (χ0v) is 84.3. The SMILES string of the molecule is CC(C)(C)[Si](C)(C)OCc1c(F)ccc(-c2ccc(N)nc2)c1F.CC(C)(C)[Si](C)(C)OCc1c(F)ccc(-c2ccc3nc(Cl)cn3c2)c1F.CC(C)(C)[Si](C)(C)OCc1c(F)cccc1-c1ccc(N)nc1.CC(C)(O)c1cccc(-c2ccc(N)nc2)c1.CC(C)(O[Si](C)(C)C(C)(C)C)c1cccc(-c2ccc(N)nc2)c1.Nc1ccc(-c2cccc(CO)c2)cn1. The van der Waals surface area contributed by atoms with Crippen molar-refractivity contribution in [1.82, 2.24) is 34.3 Å². The summed E-state index contributed by atoms with van der Waals surface area (Å²) in [4.78, 5) is 24.5. The van der Waals surface area contributed by atoms with Gasteiger partial charge in [0.05, 0.1) is 37.6 Å². The molecular weight excluding hydrogens is 1730 g/mol. The van der Waals surface area contributed by atoms with Crippen LogP contribution in [-0.4, -0.2) is 77.8 Å². The van der Waals surface area contributed by atoms with Crippen LogP contribution in [0.2, 0.25) is 77.7 Å². The third kappa shape index (κ3) is 28.4. The minimum absolute atomic E-state index is 0.0293. The van der Waals surface area contributed by atoms with Crippen molar-refractivity contribution < 1.29 is 49.9 Å². The van der Waals surface area contributed by atoms with E-state index in [0.717, 1.165) is 55.6 Å². The molecule has 0 unspecified atom stereocenters. The molecule has 12 N–H and O–H groups in total. The summed E-state index contributed by atoms with van der Waals surface area (Å²) in [7, 11) is -8.03. The summed E-state index contributed by atoms with van der Waals surface area (Å²) in [5.41, 5.74) is 40.5. The Bertz CT molecular complexity index is 5920. The molecule has 0 aliphatic heterocycles. The Labute approximate surface area is 774 Å². The van der Waals surface area contributed by atoms with Crippen molar-refractivity contribution in [2.75, 3.05) is 28.7 Å². The number of halogens is 6. The van der Waals surface area contributed by atoms with Gasteiger partial charge in [-0.2, -0.15) is 0 Å². The van der Waals surface area contributed by atoms with Crippen molar-refractivity contribution in [3.63, 3.8) is 0 Å². The number of pyridine rings is 6. The summed E-state index contributed by atoms with van der Waals surface area (Å²) in [6, 6.07) is 56.0. The minimum atomic E-state index is -2.12. The topological polar surface area (TPSA) is 289 Å². The molecule has 13 rings (SSSR count). The van der Waals surface area contributed by atoms with Crippen LogP contribution in [0.15, 0.2) is 231 Å². The van der Waals surface area contributed by atoms with E-state index in [4.69, 9.17) is 63.1 Å². The van der Waals surface area contributed by atoms with Crippen LogP contribution in [0.1, 0.15) is 144 Å². The van der Waals surface area contributed by atoms with Gasteiger partial charge >= 0.3 is 0 Å². The Kier molecular flexibility index (Phi) is 34.7. The first-order valence-electron chi connectivity index (χ1n) is 43.0. The zero-order valence-electron chi connectivity index (χ0n) is 79.6. The standard InChI is InChI=1S/C20H23ClF2N2OSi.C20H30N2OSi.C18H24F2N2OSi.C18H25FN2OSi.C14H16N2O.C12H12N2O/c1-20(2,3)27(4,5)26-12-15-16(22)8-7-14(19(15)23)13-6-9-18-24-17(21)11-25(18)10-13;1-19(2,3)24(6,7)23-20(4,5)17-10-8-9-15(13-17)16-11-12-18(21)22-14-16;1-18(2,3)24(4,5)23-11-14-15(19)8-7-13(17(14)20)12-6-9-16(21)22-10-12;1-18(2,3)23(4,5)22-12-15-14(7-6-8-16(15)19)13-9-10-17(20)21-11-13;1-14(2,17)12-5-3-4-10(8-12)11-6-7-13(15)16-9-11;13-12-5-4-11(7-14-12)10-3-1-2-9(6-10)8-15/h6-11H,12H2,1-5H3;8-14H,1-7H3,(H2,21,22);6-10H,11H2,1-5H3,(H2,21,22);6-11H,12H2,1-5H3,(H2,20,21);3-9,17H,1-2H3,(H2,15,16);1-7,15H,8H2,(H2,13,14). The molecule has 0 atom stereocenters. The van der Waals surface area contributed by atoms with Crippen LogP contribution >= 0.6 is 11.6 Å². The third-order valence-electron chi connectivity index (χ3n) is 24.5. The van der Waals surface area contributed by atoms with E-state index in [9.17, 15) is 22.7 Å². The van der Waals surface area contributed by atoms with Crippen LogP contribution in [-0.2, 0) is 55.3 Å². The quantitative estimate of drug-likeness (QED) is 0.0276. The monoisotopic (exact) mass is 1860 g/mol. The lowest BCUT2D eigenvalue weighted by Gasteiger charge is -2.43. The number of hydrogen-bond acceptors (Lipinski definition) is 17. The Morgan fingerprint density at radius 1 is 0.354 bits per heavy atom. The molecule has 0 aliphatic rings. The first-order chi connectivity index (χ1) is 60.3. The highest BCUT2D eigenvalue weighted by Gasteiger charge is 2.43. The molecule has 6 aromatic carbocycles. The number of aromatic nitrogens is 7. The van der Waals surface area contributed by atoms with Gasteiger partial charge in [0.1, 0.15) is 69.0 Å². The van der Waals surface area contributed by atoms with E-state index in [1.54, 1.807) is 97.8 Å². The lowest BCUT2D eigenvalue weighted by Crippen LogP contribution is -2.46. The Morgan fingerprint density at radius 2 is 0.692 bits per heavy atom. The van der Waals surface area contributed by atoms with Gasteiger partial charge in [-0.1, -0.05) is 161 Å². The van der Waals surface area contributed by atoms with E-state index < -0.39 is 62.1 Å². The molecule has 0 saturated heterocycles. The number of rotatable bonds is 20. The van der Waals surface area contributed by atoms with Crippen LogP contribution in [0.4, 0.5) is 51.0 Å². The number of aliphatic hydroxyl groups is 2. The van der Waals surface area contributed by atoms with Gasteiger partial charge in [0, 0.05) is 105 Å². The van der Waals surface area contributed by atoms with Gasteiger partial charge < -0.3 is 61.0 Å². The summed E-state index contributed by atoms with van der Waals surface area (Å²) in [5.74, 6) is -0.300. The molecule has 0 bridgehead atoms. The molecule has 0 saturated carbocycles. The number of nitrogen functional groups attached to an aromatic ring is 5. The Morgan fingerprint density at radius 3 is 1.08 bits per heavy atom. The summed E-state index contributed by atoms with van der Waals surface area (Å²) in [6.45, 7) is 51.0. The average molecular weight is 1860 g/mol. The molecule has 13 aromatic rings. The van der Waals surface area contributed by atoms with Crippen LogP contribution in [0.3, 0.4) is 0 Å². The molecule has 0 radical (unpaired) electrons. The second kappa shape index (κ2) is 43.1. The smallest absolute Gasteiger partial charge is 0.193 e. The largest absolute Gasteiger partial charge is 0.412 e. The molecule has 0 aliphatic carbocycles. The van der Waals surface area contributed by atoms with E-state index in [2.05, 4.69) is 203 Å². The summed E-state index contributed by atoms with van der Waals surface area (Å²) in [6.07, 6.45) is 11.8. The normalized spacial score (nSPS) is 12.2. The minimum Gasteiger partial charge on any atom is -0.412 e. The van der Waals surface area contributed by atoms with Gasteiger partial charge in [0.15, 0.2) is 33.3 Å². The molecule has 28 heteroatoms. The fourth-order valence-corrected chi connectivity index (χ4v) is 16.8. The van der Waals surface area contributed by atoms with Crippen molar-refractivity contribution in [3.05, 3.63) is 299 Å². The second-order valence-electron chi connectivity index (χ2n) is 39.2. The second-order valence-corrected chi connectivity index (χ2v) is 58.8. The third-order valence-corrected chi connectivity index (χ3v) is 42.7. The molecular formula is C102H130ClF5N12O6Si4. The van der Waals surface area contributed by atoms with Crippen molar-refractivity contribution >= 4 is 79.6 Å². The highest BCUT2D eigenvalue weighted by molar-refractivity contribution is 6.75. The van der Waals surface area contributed by atoms with Crippen LogP contribution in [0, 0.1) is 29.1 Å². The molecule has 130 heavy (non-hydrogen) atoms. The van der Waals surface area contributed by atoms with Gasteiger partial charge in [0.25, 0.3) is 0 Å². The summed E-state index contributed by atoms with van der Waals surface area (Å²) >= 11 is 5.91. The number of anilines is 5. The van der Waals surface area contributed by atoms with Gasteiger partial charge in [-0.3, -0.25) is 0 Å². The average Bonchev–Trinajstić information content (AvgIpc) is 1.26. The summed E-state index contributed by atoms with van der Waals surface area (Å²) < 4.78 is 99.4. The van der Waals surface area contributed by atoms with E-state index in [0.29, 0.717) is 62.1 Å². The van der Waals surface area contributed by atoms with E-state index in [1.807, 2.05) is 91.1 Å². The van der Waals surface area contributed by atoms with E-state index >= 15 is 4.39 Å². The number of hydrogen-bond donors (Lipinski definition) is 7. The molecule has 7 aromatic heterocycles. The van der Waals surface area contributed by atoms with E-state index in [-0.39, 0.29) is 74.7 Å². The van der Waals surface area contributed by atoms with Crippen molar-refractivity contribution in [2.24, 2.45) is 0 Å². The molecule has 18 nitrogen and oxygen atoms in total. The fraction of sp³-hybridized carbons (Fsp3) is 0.333. The van der Waals surface area contributed by atoms with Gasteiger partial charge in [-0.25, -0.2) is 51.9 Å². The predicted molar refractivity (Wildman–Crippen MR) is 534 cm³/mol. The van der Waals surface area contributed by atoms with Crippen LogP contribution in [0.25, 0.3) is 72.4 Å². The van der Waals surface area contributed by atoms with Crippen molar-refractivity contribution in [3.8, 4) is 66.8 Å². The summed E-state index contributed by atoms with van der Waals surface area (Å²) in [5, 5.41) is 19.5. The number of imidazole rings is 1. The Hall–Kier alpha value is -10.7. The zero-order chi connectivity index (χ0) is 96.7. The van der Waals surface area contributed by atoms with Crippen LogP contribution in [0.5, 0.6) is 0 Å². The van der Waals surface area contributed by atoms with Crippen molar-refractivity contribution in [2.45, 2.75) is 221 Å². The van der Waals surface area contributed by atoms with Gasteiger partial charge in [-0.05, 0) is 260 Å². The maximum atomic E-state index is 15.1. The molecule has 0 amide bonds. The fourth-order valence-electron chi connectivity index (χ4n) is 12.1.